The van der Waals surface area contributed by atoms with E-state index < -0.39 is 5.41 Å². The number of ether oxygens (including phenoxy) is 1. The normalized spacial score (nSPS) is 15.7. The van der Waals surface area contributed by atoms with E-state index in [-0.39, 0.29) is 11.5 Å². The first-order chi connectivity index (χ1) is 14.5. The highest BCUT2D eigenvalue weighted by Gasteiger charge is 2.41. The van der Waals surface area contributed by atoms with Crippen molar-refractivity contribution < 1.29 is 9.53 Å². The fraction of sp³-hybridized carbons (Fsp3) is 0.318. The number of fused-ring (bicyclic) bond motifs is 1. The molecule has 156 valence electrons. The molecule has 8 heteroatoms. The van der Waals surface area contributed by atoms with Crippen LogP contribution in [0.3, 0.4) is 0 Å². The van der Waals surface area contributed by atoms with E-state index in [0.29, 0.717) is 49.5 Å². The third-order valence-corrected chi connectivity index (χ3v) is 6.17. The van der Waals surface area contributed by atoms with Gasteiger partial charge >= 0.3 is 0 Å². The summed E-state index contributed by atoms with van der Waals surface area (Å²) in [6.45, 7) is 3.32. The van der Waals surface area contributed by atoms with Gasteiger partial charge in [-0.1, -0.05) is 40.2 Å². The fourth-order valence-electron chi connectivity index (χ4n) is 3.92. The predicted molar refractivity (Wildman–Crippen MR) is 119 cm³/mol. The molecule has 1 amide bonds. The second kappa shape index (κ2) is 8.57. The van der Waals surface area contributed by atoms with E-state index in [1.165, 1.54) is 4.57 Å². The number of aromatic nitrogens is 2. The van der Waals surface area contributed by atoms with Crippen molar-refractivity contribution in [3.05, 3.63) is 68.9 Å². The van der Waals surface area contributed by atoms with Gasteiger partial charge in [0.05, 0.1) is 16.3 Å². The van der Waals surface area contributed by atoms with Crippen LogP contribution in [0.25, 0.3) is 10.9 Å². The van der Waals surface area contributed by atoms with Crippen molar-refractivity contribution in [1.82, 2.24) is 15.0 Å². The van der Waals surface area contributed by atoms with E-state index in [0.717, 1.165) is 10.0 Å². The first kappa shape index (κ1) is 20.6. The Morgan fingerprint density at radius 2 is 1.87 bits per heavy atom. The Bertz CT molecular complexity index is 1120. The Morgan fingerprint density at radius 3 is 2.57 bits per heavy atom. The fourth-order valence-corrected chi connectivity index (χ4v) is 4.19. The van der Waals surface area contributed by atoms with Gasteiger partial charge in [-0.2, -0.15) is 0 Å². The van der Waals surface area contributed by atoms with Crippen molar-refractivity contribution in [2.45, 2.75) is 31.7 Å². The Morgan fingerprint density at radius 1 is 1.17 bits per heavy atom. The molecule has 1 fully saturated rings. The summed E-state index contributed by atoms with van der Waals surface area (Å²) in [5.41, 5.74) is 6.38. The molecule has 0 unspecified atom stereocenters. The SMILES string of the molecule is CCn1c(NNC(=O)C2(c3ccc(Br)cc3)CCOCC2)nc2ccccc2c1=O. The Kier molecular flexibility index (Phi) is 5.87. The molecule has 1 aromatic heterocycles. The summed E-state index contributed by atoms with van der Waals surface area (Å²) < 4.78 is 7.99. The van der Waals surface area contributed by atoms with Crippen LogP contribution in [0.2, 0.25) is 0 Å². The lowest BCUT2D eigenvalue weighted by atomic mass is 9.73. The molecular formula is C22H23BrN4O3. The maximum absolute atomic E-state index is 13.4. The quantitative estimate of drug-likeness (QED) is 0.558. The van der Waals surface area contributed by atoms with Gasteiger partial charge in [0.15, 0.2) is 0 Å². The van der Waals surface area contributed by atoms with E-state index >= 15 is 0 Å². The number of amides is 1. The molecule has 1 aliphatic rings. The number of hydrogen-bond acceptors (Lipinski definition) is 5. The number of anilines is 1. The summed E-state index contributed by atoms with van der Waals surface area (Å²) in [4.78, 5) is 30.7. The second-order valence-corrected chi connectivity index (χ2v) is 8.20. The maximum atomic E-state index is 13.4. The number of hydrogen-bond donors (Lipinski definition) is 2. The summed E-state index contributed by atoms with van der Waals surface area (Å²) in [5.74, 6) is 0.144. The molecule has 2 heterocycles. The molecule has 0 bridgehead atoms. The standard InChI is InChI=1S/C22H23BrN4O3/c1-2-27-19(28)17-5-3-4-6-18(17)24-21(27)26-25-20(29)22(11-13-30-14-12-22)15-7-9-16(23)10-8-15/h3-10H,2,11-14H2,1H3,(H,24,26)(H,25,29). The van der Waals surface area contributed by atoms with E-state index in [1.807, 2.05) is 43.3 Å². The average molecular weight is 471 g/mol. The van der Waals surface area contributed by atoms with Gasteiger partial charge in [0, 0.05) is 24.2 Å². The smallest absolute Gasteiger partial charge is 0.262 e. The van der Waals surface area contributed by atoms with Crippen molar-refractivity contribution in [2.75, 3.05) is 18.6 Å². The molecule has 7 nitrogen and oxygen atoms in total. The molecule has 3 aromatic rings. The number of carbonyl (C=O) groups is 1. The highest BCUT2D eigenvalue weighted by atomic mass is 79.9. The Labute approximate surface area is 182 Å². The number of carbonyl (C=O) groups excluding carboxylic acids is 1. The lowest BCUT2D eigenvalue weighted by Gasteiger charge is -2.36. The number of rotatable bonds is 5. The minimum absolute atomic E-state index is 0.145. The van der Waals surface area contributed by atoms with E-state index in [2.05, 4.69) is 31.8 Å². The van der Waals surface area contributed by atoms with Crippen molar-refractivity contribution in [1.29, 1.82) is 0 Å². The third kappa shape index (κ3) is 3.73. The van der Waals surface area contributed by atoms with Crippen molar-refractivity contribution in [2.24, 2.45) is 0 Å². The first-order valence-corrected chi connectivity index (χ1v) is 10.7. The number of hydrazine groups is 1. The van der Waals surface area contributed by atoms with Gasteiger partial charge in [-0.25, -0.2) is 4.98 Å². The molecule has 0 radical (unpaired) electrons. The van der Waals surface area contributed by atoms with Gasteiger partial charge in [0.25, 0.3) is 5.56 Å². The highest BCUT2D eigenvalue weighted by molar-refractivity contribution is 9.10. The Hall–Kier alpha value is -2.71. The zero-order chi connectivity index (χ0) is 21.1. The van der Waals surface area contributed by atoms with Gasteiger partial charge < -0.3 is 4.74 Å². The predicted octanol–water partition coefficient (Wildman–Crippen LogP) is 3.37. The third-order valence-electron chi connectivity index (χ3n) is 5.64. The monoisotopic (exact) mass is 470 g/mol. The molecular weight excluding hydrogens is 448 g/mol. The average Bonchev–Trinajstić information content (AvgIpc) is 2.78. The highest BCUT2D eigenvalue weighted by Crippen LogP contribution is 2.35. The summed E-state index contributed by atoms with van der Waals surface area (Å²) >= 11 is 3.45. The number of benzene rings is 2. The van der Waals surface area contributed by atoms with E-state index in [9.17, 15) is 9.59 Å². The lowest BCUT2D eigenvalue weighted by molar-refractivity contribution is -0.130. The van der Waals surface area contributed by atoms with Crippen LogP contribution >= 0.6 is 15.9 Å². The van der Waals surface area contributed by atoms with Crippen LogP contribution in [0.4, 0.5) is 5.95 Å². The van der Waals surface area contributed by atoms with Gasteiger partial charge in [-0.05, 0) is 49.6 Å². The van der Waals surface area contributed by atoms with Crippen LogP contribution < -0.4 is 16.4 Å². The lowest BCUT2D eigenvalue weighted by Crippen LogP contribution is -2.50. The maximum Gasteiger partial charge on any atom is 0.262 e. The van der Waals surface area contributed by atoms with E-state index in [1.54, 1.807) is 12.1 Å². The van der Waals surface area contributed by atoms with Gasteiger partial charge in [0.2, 0.25) is 11.9 Å². The zero-order valence-corrected chi connectivity index (χ0v) is 18.2. The molecule has 0 spiro atoms. The summed E-state index contributed by atoms with van der Waals surface area (Å²) in [5, 5.41) is 0.548. The minimum atomic E-state index is -0.708. The number of nitrogens with zero attached hydrogens (tertiary/aromatic N) is 2. The summed E-state index contributed by atoms with van der Waals surface area (Å²) in [6, 6.07) is 15.0. The zero-order valence-electron chi connectivity index (χ0n) is 16.7. The van der Waals surface area contributed by atoms with Gasteiger partial charge in [-0.15, -0.1) is 0 Å². The van der Waals surface area contributed by atoms with E-state index in [4.69, 9.17) is 4.74 Å². The second-order valence-electron chi connectivity index (χ2n) is 7.28. The van der Waals surface area contributed by atoms with Crippen LogP contribution in [0.15, 0.2) is 57.8 Å². The molecule has 2 aromatic carbocycles. The number of nitrogens with one attached hydrogen (secondary N) is 2. The molecule has 2 N–H and O–H groups in total. The molecule has 30 heavy (non-hydrogen) atoms. The minimum Gasteiger partial charge on any atom is -0.381 e. The van der Waals surface area contributed by atoms with Gasteiger partial charge in [-0.3, -0.25) is 25.0 Å². The van der Waals surface area contributed by atoms with Gasteiger partial charge in [0.1, 0.15) is 0 Å². The number of para-hydroxylation sites is 1. The molecule has 0 aliphatic carbocycles. The number of halogens is 1. The van der Waals surface area contributed by atoms with Crippen molar-refractivity contribution >= 4 is 38.7 Å². The van der Waals surface area contributed by atoms with Crippen LogP contribution in [0.1, 0.15) is 25.3 Å². The van der Waals surface area contributed by atoms with Crippen LogP contribution in [-0.4, -0.2) is 28.7 Å². The van der Waals surface area contributed by atoms with Crippen LogP contribution in [0, 0.1) is 0 Å². The van der Waals surface area contributed by atoms with Crippen LogP contribution in [0.5, 0.6) is 0 Å². The van der Waals surface area contributed by atoms with Crippen LogP contribution in [-0.2, 0) is 21.5 Å². The molecule has 4 rings (SSSR count). The molecule has 0 saturated carbocycles. The molecule has 1 saturated heterocycles. The van der Waals surface area contributed by atoms with Crippen molar-refractivity contribution in [3.63, 3.8) is 0 Å². The topological polar surface area (TPSA) is 85.2 Å². The molecule has 0 atom stereocenters. The largest absolute Gasteiger partial charge is 0.381 e. The van der Waals surface area contributed by atoms with Crippen molar-refractivity contribution in [3.8, 4) is 0 Å². The Balaban J connectivity index is 1.64. The first-order valence-electron chi connectivity index (χ1n) is 9.95. The summed E-state index contributed by atoms with van der Waals surface area (Å²) in [6.07, 6.45) is 1.15. The summed E-state index contributed by atoms with van der Waals surface area (Å²) in [7, 11) is 0. The molecule has 1 aliphatic heterocycles.